The monoisotopic (exact) mass is 541 g/mol. The molecule has 0 bridgehead atoms. The third kappa shape index (κ3) is 8.40. The molecular formula is C25H33Cl2N3O4S. The van der Waals surface area contributed by atoms with Crippen molar-refractivity contribution in [1.29, 1.82) is 0 Å². The Morgan fingerprint density at radius 1 is 1.09 bits per heavy atom. The lowest BCUT2D eigenvalue weighted by atomic mass is 10.1. The summed E-state index contributed by atoms with van der Waals surface area (Å²) in [6.07, 6.45) is 1.37. The standard InChI is InChI=1S/C25H33Cl2N3O4S/c1-7-22(24(32)28-25(3,4)5)29(15-18-11-12-19(26)14-21(18)27)23(31)16-30(35(6,33)34)20-10-8-9-17(2)13-20/h8-14,22H,7,15-16H2,1-6H3,(H,28,32). The number of rotatable bonds is 9. The maximum Gasteiger partial charge on any atom is 0.244 e. The van der Waals surface area contributed by atoms with Crippen molar-refractivity contribution < 1.29 is 18.0 Å². The second-order valence-corrected chi connectivity index (χ2v) is 12.3. The largest absolute Gasteiger partial charge is 0.350 e. The van der Waals surface area contributed by atoms with E-state index in [1.807, 2.05) is 33.8 Å². The van der Waals surface area contributed by atoms with E-state index in [1.165, 1.54) is 4.90 Å². The molecule has 0 aliphatic heterocycles. The van der Waals surface area contributed by atoms with Crippen molar-refractivity contribution in [3.8, 4) is 0 Å². The van der Waals surface area contributed by atoms with E-state index in [4.69, 9.17) is 23.2 Å². The zero-order valence-electron chi connectivity index (χ0n) is 20.9. The molecule has 1 unspecified atom stereocenters. The summed E-state index contributed by atoms with van der Waals surface area (Å²) in [4.78, 5) is 28.2. The number of amides is 2. The fourth-order valence-electron chi connectivity index (χ4n) is 3.60. The number of benzene rings is 2. The molecule has 0 saturated carbocycles. The first-order valence-corrected chi connectivity index (χ1v) is 13.8. The summed E-state index contributed by atoms with van der Waals surface area (Å²) in [5, 5.41) is 3.71. The summed E-state index contributed by atoms with van der Waals surface area (Å²) in [7, 11) is -3.79. The lowest BCUT2D eigenvalue weighted by Crippen LogP contribution is -2.55. The number of nitrogens with one attached hydrogen (secondary N) is 1. The fourth-order valence-corrected chi connectivity index (χ4v) is 4.91. The minimum Gasteiger partial charge on any atom is -0.350 e. The number of carbonyl (C=O) groups excluding carboxylic acids is 2. The molecule has 192 valence electrons. The lowest BCUT2D eigenvalue weighted by molar-refractivity contribution is -0.141. The van der Waals surface area contributed by atoms with Crippen LogP contribution in [0.4, 0.5) is 5.69 Å². The first-order chi connectivity index (χ1) is 16.1. The second kappa shape index (κ2) is 11.6. The third-order valence-corrected chi connectivity index (χ3v) is 6.94. The van der Waals surface area contributed by atoms with Crippen LogP contribution in [-0.2, 0) is 26.2 Å². The molecule has 2 aromatic rings. The summed E-state index contributed by atoms with van der Waals surface area (Å²) >= 11 is 12.4. The minimum atomic E-state index is -3.79. The maximum absolute atomic E-state index is 13.7. The molecule has 0 saturated heterocycles. The van der Waals surface area contributed by atoms with Crippen LogP contribution in [0.3, 0.4) is 0 Å². The number of hydrogen-bond acceptors (Lipinski definition) is 4. The van der Waals surface area contributed by atoms with Crippen LogP contribution in [0.15, 0.2) is 42.5 Å². The van der Waals surface area contributed by atoms with Gasteiger partial charge in [0.1, 0.15) is 12.6 Å². The van der Waals surface area contributed by atoms with Gasteiger partial charge in [-0.15, -0.1) is 0 Å². The Labute approximate surface area is 218 Å². The van der Waals surface area contributed by atoms with Crippen LogP contribution in [-0.4, -0.2) is 49.5 Å². The van der Waals surface area contributed by atoms with Gasteiger partial charge in [-0.05, 0) is 69.5 Å². The molecule has 1 atom stereocenters. The quantitative estimate of drug-likeness (QED) is 0.494. The summed E-state index contributed by atoms with van der Waals surface area (Å²) in [5.41, 5.74) is 1.30. The molecule has 0 radical (unpaired) electrons. The number of aryl methyl sites for hydroxylation is 1. The highest BCUT2D eigenvalue weighted by Crippen LogP contribution is 2.25. The van der Waals surface area contributed by atoms with E-state index >= 15 is 0 Å². The normalized spacial score (nSPS) is 12.7. The van der Waals surface area contributed by atoms with Crippen LogP contribution in [0.25, 0.3) is 0 Å². The molecule has 2 amide bonds. The van der Waals surface area contributed by atoms with Gasteiger partial charge < -0.3 is 10.2 Å². The zero-order valence-corrected chi connectivity index (χ0v) is 23.3. The topological polar surface area (TPSA) is 86.8 Å². The van der Waals surface area contributed by atoms with E-state index in [9.17, 15) is 18.0 Å². The second-order valence-electron chi connectivity index (χ2n) is 9.53. The third-order valence-electron chi connectivity index (χ3n) is 5.21. The van der Waals surface area contributed by atoms with Gasteiger partial charge in [-0.1, -0.05) is 48.3 Å². The van der Waals surface area contributed by atoms with Gasteiger partial charge in [0.05, 0.1) is 11.9 Å². The first kappa shape index (κ1) is 28.9. The highest BCUT2D eigenvalue weighted by Gasteiger charge is 2.33. The Hall–Kier alpha value is -2.29. The lowest BCUT2D eigenvalue weighted by Gasteiger charge is -2.34. The van der Waals surface area contributed by atoms with E-state index in [-0.39, 0.29) is 12.5 Å². The summed E-state index contributed by atoms with van der Waals surface area (Å²) in [5.74, 6) is -0.862. The molecule has 2 rings (SSSR count). The van der Waals surface area contributed by atoms with Gasteiger partial charge in [0.25, 0.3) is 0 Å². The Kier molecular flexibility index (Phi) is 9.62. The van der Waals surface area contributed by atoms with Gasteiger partial charge >= 0.3 is 0 Å². The molecule has 0 aliphatic rings. The predicted octanol–water partition coefficient (Wildman–Crippen LogP) is 4.79. The Morgan fingerprint density at radius 3 is 2.26 bits per heavy atom. The molecule has 0 fully saturated rings. The first-order valence-electron chi connectivity index (χ1n) is 11.2. The van der Waals surface area contributed by atoms with Crippen molar-refractivity contribution in [2.24, 2.45) is 0 Å². The van der Waals surface area contributed by atoms with Crippen LogP contribution >= 0.6 is 23.2 Å². The highest BCUT2D eigenvalue weighted by molar-refractivity contribution is 7.92. The summed E-state index contributed by atoms with van der Waals surface area (Å²) in [6.45, 7) is 8.73. The summed E-state index contributed by atoms with van der Waals surface area (Å²) in [6, 6.07) is 10.9. The van der Waals surface area contributed by atoms with Gasteiger partial charge in [0.15, 0.2) is 0 Å². The van der Waals surface area contributed by atoms with Crippen molar-refractivity contribution in [2.75, 3.05) is 17.1 Å². The van der Waals surface area contributed by atoms with E-state index in [0.29, 0.717) is 27.7 Å². The van der Waals surface area contributed by atoms with Crippen molar-refractivity contribution in [3.05, 3.63) is 63.6 Å². The Morgan fingerprint density at radius 2 is 1.74 bits per heavy atom. The number of anilines is 1. The highest BCUT2D eigenvalue weighted by atomic mass is 35.5. The molecule has 0 aromatic heterocycles. The van der Waals surface area contributed by atoms with Gasteiger partial charge in [-0.2, -0.15) is 0 Å². The molecule has 0 aliphatic carbocycles. The van der Waals surface area contributed by atoms with Gasteiger partial charge in [0.2, 0.25) is 21.8 Å². The van der Waals surface area contributed by atoms with Crippen LogP contribution < -0.4 is 9.62 Å². The van der Waals surface area contributed by atoms with Crippen molar-refractivity contribution in [1.82, 2.24) is 10.2 Å². The predicted molar refractivity (Wildman–Crippen MR) is 142 cm³/mol. The van der Waals surface area contributed by atoms with Crippen LogP contribution in [0, 0.1) is 6.92 Å². The Balaban J connectivity index is 2.50. The van der Waals surface area contributed by atoms with Crippen molar-refractivity contribution in [2.45, 2.75) is 59.2 Å². The zero-order chi connectivity index (χ0) is 26.6. The number of hydrogen-bond donors (Lipinski definition) is 1. The number of halogens is 2. The Bertz CT molecular complexity index is 1180. The van der Waals surface area contributed by atoms with Crippen LogP contribution in [0.1, 0.15) is 45.2 Å². The van der Waals surface area contributed by atoms with Gasteiger partial charge in [-0.25, -0.2) is 8.42 Å². The van der Waals surface area contributed by atoms with Crippen molar-refractivity contribution >= 4 is 50.7 Å². The number of sulfonamides is 1. The molecule has 1 N–H and O–H groups in total. The molecule has 10 heteroatoms. The maximum atomic E-state index is 13.7. The van der Waals surface area contributed by atoms with Gasteiger partial charge in [0, 0.05) is 22.1 Å². The van der Waals surface area contributed by atoms with Gasteiger partial charge in [-0.3, -0.25) is 13.9 Å². The summed E-state index contributed by atoms with van der Waals surface area (Å²) < 4.78 is 26.4. The van der Waals surface area contributed by atoms with E-state index < -0.39 is 34.1 Å². The molecular weight excluding hydrogens is 509 g/mol. The van der Waals surface area contributed by atoms with Crippen LogP contribution in [0.5, 0.6) is 0 Å². The van der Waals surface area contributed by atoms with E-state index in [0.717, 1.165) is 16.1 Å². The number of nitrogens with zero attached hydrogens (tertiary/aromatic N) is 2. The average molecular weight is 543 g/mol. The van der Waals surface area contributed by atoms with Crippen LogP contribution in [0.2, 0.25) is 10.0 Å². The van der Waals surface area contributed by atoms with E-state index in [1.54, 1.807) is 43.3 Å². The molecule has 0 heterocycles. The molecule has 7 nitrogen and oxygen atoms in total. The molecule has 0 spiro atoms. The molecule has 2 aromatic carbocycles. The SMILES string of the molecule is CCC(C(=O)NC(C)(C)C)N(Cc1ccc(Cl)cc1Cl)C(=O)CN(c1cccc(C)c1)S(C)(=O)=O. The fraction of sp³-hybridized carbons (Fsp3) is 0.440. The average Bonchev–Trinajstić information content (AvgIpc) is 2.71. The molecule has 35 heavy (non-hydrogen) atoms. The minimum absolute atomic E-state index is 0.0102. The smallest absolute Gasteiger partial charge is 0.244 e. The van der Waals surface area contributed by atoms with Crippen molar-refractivity contribution in [3.63, 3.8) is 0 Å². The van der Waals surface area contributed by atoms with E-state index in [2.05, 4.69) is 5.32 Å². The number of carbonyl (C=O) groups is 2.